The van der Waals surface area contributed by atoms with Crippen molar-refractivity contribution in [1.29, 1.82) is 0 Å². The molecule has 4 rings (SSSR count). The Labute approximate surface area is 262 Å². The molecule has 1 aliphatic rings. The van der Waals surface area contributed by atoms with Gasteiger partial charge in [-0.15, -0.1) is 0 Å². The van der Waals surface area contributed by atoms with Gasteiger partial charge in [0.25, 0.3) is 0 Å². The zero-order valence-corrected chi connectivity index (χ0v) is 26.4. The first-order chi connectivity index (χ1) is 20.5. The van der Waals surface area contributed by atoms with Crippen LogP contribution in [0.15, 0.2) is 72.8 Å². The number of ether oxygens (including phenoxy) is 1. The van der Waals surface area contributed by atoms with Gasteiger partial charge in [-0.3, -0.25) is 5.32 Å². The van der Waals surface area contributed by atoms with Gasteiger partial charge in [-0.2, -0.15) is 0 Å². The van der Waals surface area contributed by atoms with E-state index < -0.39 is 0 Å². The molecule has 0 spiro atoms. The van der Waals surface area contributed by atoms with Gasteiger partial charge in [-0.05, 0) is 75.1 Å². The van der Waals surface area contributed by atoms with Crippen LogP contribution < -0.4 is 5.32 Å². The minimum atomic E-state index is -0.366. The number of carbonyl (C=O) groups is 1. The third-order valence-corrected chi connectivity index (χ3v) is 8.61. The smallest absolute Gasteiger partial charge is 0.411 e. The third-order valence-electron chi connectivity index (χ3n) is 8.03. The standard InChI is InChI=1S/C35H45Cl2N3O2/c1-39(27-29-18-19-30(36)26-33(29)37)22-12-5-3-2-4-6-13-23-40-24-20-31(21-25-40)42-35(41)38-34-17-11-10-16-32(34)28-14-8-7-9-15-28/h7-11,14-19,26,31H,2-6,12-13,20-25,27H2,1H3,(H,38,41). The van der Waals surface area contributed by atoms with E-state index in [1.54, 1.807) is 0 Å². The highest BCUT2D eigenvalue weighted by Crippen LogP contribution is 2.28. The molecule has 1 fully saturated rings. The molecule has 1 amide bonds. The second-order valence-corrected chi connectivity index (χ2v) is 12.3. The van der Waals surface area contributed by atoms with Gasteiger partial charge in [0.15, 0.2) is 0 Å². The number of nitrogens with one attached hydrogen (secondary N) is 1. The number of benzene rings is 3. The van der Waals surface area contributed by atoms with Gasteiger partial charge in [-0.25, -0.2) is 4.79 Å². The molecule has 0 aliphatic carbocycles. The van der Waals surface area contributed by atoms with Crippen LogP contribution in [0.4, 0.5) is 10.5 Å². The topological polar surface area (TPSA) is 44.8 Å². The lowest BCUT2D eigenvalue weighted by Gasteiger charge is -2.31. The molecule has 0 radical (unpaired) electrons. The van der Waals surface area contributed by atoms with Gasteiger partial charge in [0.05, 0.1) is 5.69 Å². The summed E-state index contributed by atoms with van der Waals surface area (Å²) in [6, 6.07) is 23.7. The lowest BCUT2D eigenvalue weighted by molar-refractivity contribution is 0.0585. The average molecular weight is 611 g/mol. The minimum absolute atomic E-state index is 0.0210. The van der Waals surface area contributed by atoms with Crippen LogP contribution in [-0.2, 0) is 11.3 Å². The number of unbranched alkanes of at least 4 members (excludes halogenated alkanes) is 6. The van der Waals surface area contributed by atoms with E-state index in [-0.39, 0.29) is 12.2 Å². The van der Waals surface area contributed by atoms with Gasteiger partial charge in [0.1, 0.15) is 6.10 Å². The average Bonchev–Trinajstić information content (AvgIpc) is 2.99. The quantitative estimate of drug-likeness (QED) is 0.174. The fourth-order valence-electron chi connectivity index (χ4n) is 5.62. The van der Waals surface area contributed by atoms with Crippen molar-refractivity contribution in [3.8, 4) is 11.1 Å². The largest absolute Gasteiger partial charge is 0.446 e. The first kappa shape index (κ1) is 32.3. The molecule has 1 aliphatic heterocycles. The van der Waals surface area contributed by atoms with Crippen molar-refractivity contribution in [3.63, 3.8) is 0 Å². The van der Waals surface area contributed by atoms with Crippen LogP contribution in [0.1, 0.15) is 63.4 Å². The maximum absolute atomic E-state index is 12.7. The van der Waals surface area contributed by atoms with Crippen molar-refractivity contribution in [3.05, 3.63) is 88.4 Å². The summed E-state index contributed by atoms with van der Waals surface area (Å²) in [5, 5.41) is 4.40. The zero-order valence-electron chi connectivity index (χ0n) is 24.9. The molecule has 1 N–H and O–H groups in total. The van der Waals surface area contributed by atoms with Crippen LogP contribution >= 0.6 is 23.2 Å². The molecule has 1 saturated heterocycles. The van der Waals surface area contributed by atoms with E-state index in [0.717, 1.165) is 73.0 Å². The number of carbonyl (C=O) groups excluding carboxylic acids is 1. The number of hydrogen-bond acceptors (Lipinski definition) is 4. The molecule has 0 unspecified atom stereocenters. The Morgan fingerprint density at radius 2 is 1.55 bits per heavy atom. The summed E-state index contributed by atoms with van der Waals surface area (Å²) in [5.41, 5.74) is 3.97. The molecule has 1 heterocycles. The zero-order chi connectivity index (χ0) is 29.6. The van der Waals surface area contributed by atoms with Crippen LogP contribution in [-0.4, -0.2) is 55.2 Å². The highest BCUT2D eigenvalue weighted by molar-refractivity contribution is 6.35. The van der Waals surface area contributed by atoms with E-state index in [9.17, 15) is 4.79 Å². The fourth-order valence-corrected chi connectivity index (χ4v) is 6.09. The minimum Gasteiger partial charge on any atom is -0.446 e. The van der Waals surface area contributed by atoms with Crippen LogP contribution in [0.5, 0.6) is 0 Å². The second kappa shape index (κ2) is 17.5. The molecular weight excluding hydrogens is 565 g/mol. The number of hydrogen-bond donors (Lipinski definition) is 1. The summed E-state index contributed by atoms with van der Waals surface area (Å²) in [7, 11) is 2.15. The predicted molar refractivity (Wildman–Crippen MR) is 177 cm³/mol. The third kappa shape index (κ3) is 10.9. The summed E-state index contributed by atoms with van der Waals surface area (Å²) >= 11 is 12.3. The van der Waals surface area contributed by atoms with Gasteiger partial charge < -0.3 is 14.5 Å². The molecule has 0 saturated carbocycles. The number of amides is 1. The van der Waals surface area contributed by atoms with E-state index in [1.807, 2.05) is 72.8 Å². The van der Waals surface area contributed by atoms with Crippen LogP contribution in [0.2, 0.25) is 10.0 Å². The van der Waals surface area contributed by atoms with E-state index in [1.165, 1.54) is 44.9 Å². The SMILES string of the molecule is CN(CCCCCCCCCN1CCC(OC(=O)Nc2ccccc2-c2ccccc2)CC1)Cc1ccc(Cl)cc1Cl. The predicted octanol–water partition coefficient (Wildman–Crippen LogP) is 9.54. The Balaban J connectivity index is 1.01. The summed E-state index contributed by atoms with van der Waals surface area (Å²) in [6.45, 7) is 5.07. The summed E-state index contributed by atoms with van der Waals surface area (Å²) in [6.07, 6.45) is 10.3. The van der Waals surface area contributed by atoms with Crippen molar-refractivity contribution in [2.75, 3.05) is 38.5 Å². The van der Waals surface area contributed by atoms with Crippen molar-refractivity contribution in [2.45, 2.75) is 70.4 Å². The van der Waals surface area contributed by atoms with Crippen LogP contribution in [0.3, 0.4) is 0 Å². The second-order valence-electron chi connectivity index (χ2n) is 11.4. The molecule has 42 heavy (non-hydrogen) atoms. The van der Waals surface area contributed by atoms with Crippen LogP contribution in [0, 0.1) is 0 Å². The Hall–Kier alpha value is -2.57. The number of piperidine rings is 1. The molecule has 0 bridgehead atoms. The van der Waals surface area contributed by atoms with Gasteiger partial charge >= 0.3 is 6.09 Å². The maximum atomic E-state index is 12.7. The first-order valence-corrected chi connectivity index (χ1v) is 16.2. The van der Waals surface area contributed by atoms with E-state index in [0.29, 0.717) is 5.02 Å². The lowest BCUT2D eigenvalue weighted by atomic mass is 10.0. The number of likely N-dealkylation sites (tertiary alicyclic amines) is 1. The number of anilines is 1. The van der Waals surface area contributed by atoms with Crippen molar-refractivity contribution in [1.82, 2.24) is 9.80 Å². The van der Waals surface area contributed by atoms with E-state index in [2.05, 4.69) is 22.2 Å². The number of rotatable bonds is 15. The van der Waals surface area contributed by atoms with Crippen molar-refractivity contribution < 1.29 is 9.53 Å². The number of nitrogens with zero attached hydrogens (tertiary/aromatic N) is 2. The Kier molecular flexibility index (Phi) is 13.5. The van der Waals surface area contributed by atoms with Crippen molar-refractivity contribution in [2.24, 2.45) is 0 Å². The Bertz CT molecular complexity index is 1230. The maximum Gasteiger partial charge on any atom is 0.411 e. The number of para-hydroxylation sites is 1. The summed E-state index contributed by atoms with van der Waals surface area (Å²) in [5.74, 6) is 0. The van der Waals surface area contributed by atoms with Crippen molar-refractivity contribution >= 4 is 35.0 Å². The molecule has 226 valence electrons. The summed E-state index contributed by atoms with van der Waals surface area (Å²) < 4.78 is 5.79. The molecule has 5 nitrogen and oxygen atoms in total. The lowest BCUT2D eigenvalue weighted by Crippen LogP contribution is -2.38. The Morgan fingerprint density at radius 3 is 2.29 bits per heavy atom. The van der Waals surface area contributed by atoms with E-state index in [4.69, 9.17) is 27.9 Å². The summed E-state index contributed by atoms with van der Waals surface area (Å²) in [4.78, 5) is 17.5. The molecule has 7 heteroatoms. The molecule has 3 aromatic carbocycles. The van der Waals surface area contributed by atoms with Gasteiger partial charge in [0.2, 0.25) is 0 Å². The monoisotopic (exact) mass is 609 g/mol. The highest BCUT2D eigenvalue weighted by atomic mass is 35.5. The number of halogens is 2. The van der Waals surface area contributed by atoms with E-state index >= 15 is 0 Å². The van der Waals surface area contributed by atoms with Gasteiger partial charge in [-0.1, -0.05) is 110 Å². The van der Waals surface area contributed by atoms with Gasteiger partial charge in [0, 0.05) is 35.2 Å². The fraction of sp³-hybridized carbons (Fsp3) is 0.457. The normalized spacial score (nSPS) is 14.3. The first-order valence-electron chi connectivity index (χ1n) is 15.4. The molecular formula is C35H45Cl2N3O2. The molecule has 0 atom stereocenters. The Morgan fingerprint density at radius 1 is 0.881 bits per heavy atom. The van der Waals surface area contributed by atoms with Crippen LogP contribution in [0.25, 0.3) is 11.1 Å². The highest BCUT2D eigenvalue weighted by Gasteiger charge is 2.22. The molecule has 3 aromatic rings. The molecule has 0 aromatic heterocycles.